The molecule has 0 saturated carbocycles. The zero-order valence-corrected chi connectivity index (χ0v) is 15.8. The van der Waals surface area contributed by atoms with Gasteiger partial charge in [0.05, 0.1) is 37.3 Å². The van der Waals surface area contributed by atoms with Crippen LogP contribution in [0.4, 0.5) is 0 Å². The third kappa shape index (κ3) is 2.67. The number of carbonyl (C=O) groups excluding carboxylic acids is 2. The van der Waals surface area contributed by atoms with E-state index >= 15 is 0 Å². The van der Waals surface area contributed by atoms with Crippen molar-refractivity contribution < 1.29 is 18.7 Å². The molecule has 0 unspecified atom stereocenters. The quantitative estimate of drug-likeness (QED) is 0.785. The van der Waals surface area contributed by atoms with Gasteiger partial charge in [-0.2, -0.15) is 0 Å². The number of nitrogens with one attached hydrogen (secondary N) is 1. The molecule has 4 atom stereocenters. The third-order valence-corrected chi connectivity index (χ3v) is 6.19. The van der Waals surface area contributed by atoms with Crippen molar-refractivity contribution >= 4 is 23.4 Å². The summed E-state index contributed by atoms with van der Waals surface area (Å²) in [6, 6.07) is 11.0. The highest BCUT2D eigenvalue weighted by Crippen LogP contribution is 2.52. The third-order valence-electron chi connectivity index (χ3n) is 5.82. The van der Waals surface area contributed by atoms with E-state index in [1.54, 1.807) is 23.3 Å². The van der Waals surface area contributed by atoms with Crippen LogP contribution in [-0.2, 0) is 27.4 Å². The fraction of sp³-hybridized carbons (Fsp3) is 0.333. The van der Waals surface area contributed by atoms with Crippen molar-refractivity contribution in [2.24, 2.45) is 11.8 Å². The van der Waals surface area contributed by atoms with Crippen LogP contribution in [0.5, 0.6) is 0 Å². The van der Waals surface area contributed by atoms with Crippen LogP contribution in [0, 0.1) is 11.8 Å². The maximum atomic E-state index is 13.1. The Balaban J connectivity index is 1.33. The van der Waals surface area contributed by atoms with Crippen LogP contribution in [0.25, 0.3) is 0 Å². The van der Waals surface area contributed by atoms with Gasteiger partial charge in [0.1, 0.15) is 11.4 Å². The number of likely N-dealkylation sites (tertiary alicyclic amines) is 1. The number of rotatable bonds is 5. The zero-order valence-electron chi connectivity index (χ0n) is 15.0. The average molecular weight is 399 g/mol. The van der Waals surface area contributed by atoms with Crippen molar-refractivity contribution in [1.82, 2.24) is 10.2 Å². The second-order valence-electron chi connectivity index (χ2n) is 7.48. The predicted molar refractivity (Wildman–Crippen MR) is 101 cm³/mol. The number of fused-ring (bicyclic) bond motifs is 1. The molecule has 28 heavy (non-hydrogen) atoms. The molecule has 2 fully saturated rings. The van der Waals surface area contributed by atoms with Crippen molar-refractivity contribution in [2.75, 3.05) is 6.54 Å². The molecule has 2 amide bonds. The molecule has 1 aromatic heterocycles. The lowest BCUT2D eigenvalue weighted by atomic mass is 9.77. The highest BCUT2D eigenvalue weighted by molar-refractivity contribution is 6.31. The van der Waals surface area contributed by atoms with Crippen molar-refractivity contribution in [3.8, 4) is 0 Å². The Morgan fingerprint density at radius 3 is 2.93 bits per heavy atom. The smallest absolute Gasteiger partial charge is 0.230 e. The zero-order chi connectivity index (χ0) is 19.3. The summed E-state index contributed by atoms with van der Waals surface area (Å²) in [7, 11) is 0. The van der Waals surface area contributed by atoms with Crippen LogP contribution >= 0.6 is 11.6 Å². The molecule has 0 radical (unpaired) electrons. The van der Waals surface area contributed by atoms with E-state index in [2.05, 4.69) is 5.32 Å². The minimum Gasteiger partial charge on any atom is -0.467 e. The van der Waals surface area contributed by atoms with Crippen molar-refractivity contribution in [2.45, 2.75) is 24.8 Å². The Hall–Kier alpha value is -2.57. The average Bonchev–Trinajstić information content (AvgIpc) is 3.44. The predicted octanol–water partition coefficient (Wildman–Crippen LogP) is 2.53. The summed E-state index contributed by atoms with van der Waals surface area (Å²) in [5, 5.41) is 3.53. The molecule has 1 aromatic carbocycles. The number of nitrogens with zero attached hydrogens (tertiary/aromatic N) is 1. The van der Waals surface area contributed by atoms with Crippen LogP contribution in [0.15, 0.2) is 59.2 Å². The van der Waals surface area contributed by atoms with E-state index in [1.807, 2.05) is 36.4 Å². The van der Waals surface area contributed by atoms with Crippen LogP contribution in [0.1, 0.15) is 11.3 Å². The molecule has 4 heterocycles. The van der Waals surface area contributed by atoms with Gasteiger partial charge in [-0.1, -0.05) is 42.0 Å². The molecule has 3 aliphatic heterocycles. The van der Waals surface area contributed by atoms with Gasteiger partial charge in [0.15, 0.2) is 0 Å². The van der Waals surface area contributed by atoms with Crippen LogP contribution < -0.4 is 5.32 Å². The van der Waals surface area contributed by atoms with Gasteiger partial charge in [-0.15, -0.1) is 0 Å². The number of ether oxygens (including phenoxy) is 1. The summed E-state index contributed by atoms with van der Waals surface area (Å²) in [5.41, 5.74) is 0.116. The van der Waals surface area contributed by atoms with E-state index in [1.165, 1.54) is 0 Å². The van der Waals surface area contributed by atoms with Gasteiger partial charge in [-0.3, -0.25) is 9.59 Å². The molecule has 7 heteroatoms. The largest absolute Gasteiger partial charge is 0.467 e. The van der Waals surface area contributed by atoms with E-state index in [-0.39, 0.29) is 17.9 Å². The van der Waals surface area contributed by atoms with Crippen LogP contribution in [-0.4, -0.2) is 35.0 Å². The molecule has 2 bridgehead atoms. The van der Waals surface area contributed by atoms with Gasteiger partial charge in [0.2, 0.25) is 11.8 Å². The molecule has 6 nitrogen and oxygen atoms in total. The monoisotopic (exact) mass is 398 g/mol. The first-order chi connectivity index (χ1) is 13.6. The summed E-state index contributed by atoms with van der Waals surface area (Å²) in [6.45, 7) is 1.12. The first-order valence-electron chi connectivity index (χ1n) is 9.27. The maximum Gasteiger partial charge on any atom is 0.230 e. The van der Waals surface area contributed by atoms with Crippen LogP contribution in [0.2, 0.25) is 5.02 Å². The minimum absolute atomic E-state index is 0.0684. The Labute approximate surface area is 167 Å². The molecule has 2 saturated heterocycles. The lowest BCUT2D eigenvalue weighted by Gasteiger charge is -2.23. The second-order valence-corrected chi connectivity index (χ2v) is 7.89. The number of furan rings is 1. The molecule has 2 aromatic rings. The summed E-state index contributed by atoms with van der Waals surface area (Å²) in [6.07, 6.45) is 5.06. The number of hydrogen-bond donors (Lipinski definition) is 1. The highest BCUT2D eigenvalue weighted by atomic mass is 35.5. The SMILES string of the molecule is O=C(NCc1ccccc1Cl)[C@@H]1[C@H]2C=C[C@]3(CN(Cc4ccco4)C(=O)[C@@H]13)O2. The van der Waals surface area contributed by atoms with Gasteiger partial charge >= 0.3 is 0 Å². The first-order valence-corrected chi connectivity index (χ1v) is 9.65. The fourth-order valence-electron chi connectivity index (χ4n) is 4.54. The van der Waals surface area contributed by atoms with E-state index in [4.69, 9.17) is 20.8 Å². The molecule has 1 spiro atoms. The Morgan fingerprint density at radius 1 is 1.29 bits per heavy atom. The molecule has 5 rings (SSSR count). The Bertz CT molecular complexity index is 957. The molecule has 144 valence electrons. The lowest BCUT2D eigenvalue weighted by molar-refractivity contribution is -0.138. The molecule has 1 N–H and O–H groups in total. The van der Waals surface area contributed by atoms with E-state index in [9.17, 15) is 9.59 Å². The number of benzene rings is 1. The molecular weight excluding hydrogens is 380 g/mol. The van der Waals surface area contributed by atoms with Gasteiger partial charge in [-0.25, -0.2) is 0 Å². The van der Waals surface area contributed by atoms with Crippen molar-refractivity contribution in [3.63, 3.8) is 0 Å². The van der Waals surface area contributed by atoms with Crippen LogP contribution in [0.3, 0.4) is 0 Å². The summed E-state index contributed by atoms with van der Waals surface area (Å²) in [4.78, 5) is 27.8. The topological polar surface area (TPSA) is 71.8 Å². The molecule has 3 aliphatic rings. The highest BCUT2D eigenvalue weighted by Gasteiger charge is 2.66. The number of hydrogen-bond acceptors (Lipinski definition) is 4. The van der Waals surface area contributed by atoms with E-state index in [0.717, 1.165) is 5.56 Å². The minimum atomic E-state index is -0.721. The molecule has 0 aliphatic carbocycles. The normalized spacial score (nSPS) is 30.1. The number of amides is 2. The second kappa shape index (κ2) is 6.50. The van der Waals surface area contributed by atoms with E-state index < -0.39 is 17.4 Å². The summed E-state index contributed by atoms with van der Waals surface area (Å²) < 4.78 is 11.5. The maximum absolute atomic E-state index is 13.1. The Kier molecular flexibility index (Phi) is 4.07. The Morgan fingerprint density at radius 2 is 2.14 bits per heavy atom. The van der Waals surface area contributed by atoms with Gasteiger partial charge in [0, 0.05) is 11.6 Å². The van der Waals surface area contributed by atoms with Gasteiger partial charge in [-0.05, 0) is 23.8 Å². The summed E-state index contributed by atoms with van der Waals surface area (Å²) in [5.74, 6) is -0.594. The molecular formula is C21H19ClN2O4. The van der Waals surface area contributed by atoms with Gasteiger partial charge in [0.25, 0.3) is 0 Å². The first kappa shape index (κ1) is 17.5. The van der Waals surface area contributed by atoms with E-state index in [0.29, 0.717) is 30.4 Å². The summed E-state index contributed by atoms with van der Waals surface area (Å²) >= 11 is 6.17. The van der Waals surface area contributed by atoms with Crippen molar-refractivity contribution in [1.29, 1.82) is 0 Å². The fourth-order valence-corrected chi connectivity index (χ4v) is 4.75. The van der Waals surface area contributed by atoms with Crippen molar-refractivity contribution in [3.05, 3.63) is 71.2 Å². The number of halogens is 1. The standard InChI is InChI=1S/C21H19ClN2O4/c22-15-6-2-1-4-13(15)10-23-19(25)17-16-7-8-21(28-16)12-24(20(26)18(17)21)11-14-5-3-9-27-14/h1-9,16-18H,10-12H2,(H,23,25)/t16-,17-,18-,21-/m1/s1. The lowest BCUT2D eigenvalue weighted by Crippen LogP contribution is -2.43. The van der Waals surface area contributed by atoms with Gasteiger partial charge < -0.3 is 19.4 Å². The number of carbonyl (C=O) groups is 2.